The van der Waals surface area contributed by atoms with Crippen LogP contribution in [0.15, 0.2) is 30.3 Å². The molecule has 1 aromatic carbocycles. The molecule has 0 bridgehead atoms. The summed E-state index contributed by atoms with van der Waals surface area (Å²) < 4.78 is 30.7. The van der Waals surface area contributed by atoms with Crippen LogP contribution in [0.1, 0.15) is 91.5 Å². The van der Waals surface area contributed by atoms with Crippen LogP contribution in [0, 0.1) is 5.92 Å². The summed E-state index contributed by atoms with van der Waals surface area (Å²) in [6.45, 7) is 8.56. The topological polar surface area (TPSA) is 177 Å². The number of aliphatic hydroxyl groups excluding tert-OH is 1. The van der Waals surface area contributed by atoms with Gasteiger partial charge in [-0.1, -0.05) is 62.4 Å². The molecule has 4 atom stereocenters. The molecule has 0 aromatic heterocycles. The first-order valence-corrected chi connectivity index (χ1v) is 17.6. The van der Waals surface area contributed by atoms with Gasteiger partial charge < -0.3 is 31.5 Å². The number of carbonyl (C=O) groups excluding carboxylic acids is 3. The standard InChI is InChI=1S/C32H54N4O7S/c1-22(2)44(41,42)21-28(37)26(19-23-13-8-6-9-14-23)35-29(38)25(17-12-18-33)34-30(39)27(20-24-15-10-7-11-16-24)36-31(40)43-32(3,4)5/h7,10-11,15-16,22-23,25-28,37H,6,8-9,12-14,17-21,33H2,1-5H3,(H,34,39)(H,35,38)(H,36,40)/t25-,26-,27-,28-/m0/s1. The van der Waals surface area contributed by atoms with Gasteiger partial charge >= 0.3 is 6.09 Å². The molecule has 0 unspecified atom stereocenters. The molecule has 11 nitrogen and oxygen atoms in total. The molecule has 0 radical (unpaired) electrons. The van der Waals surface area contributed by atoms with Gasteiger partial charge in [-0.3, -0.25) is 9.59 Å². The van der Waals surface area contributed by atoms with Crippen molar-refractivity contribution in [2.45, 2.75) is 127 Å². The molecule has 0 aliphatic heterocycles. The van der Waals surface area contributed by atoms with Crippen molar-refractivity contribution in [3.8, 4) is 0 Å². The summed E-state index contributed by atoms with van der Waals surface area (Å²) in [4.78, 5) is 39.9. The number of nitrogens with one attached hydrogen (secondary N) is 3. The van der Waals surface area contributed by atoms with Crippen LogP contribution in [0.4, 0.5) is 4.79 Å². The minimum Gasteiger partial charge on any atom is -0.444 e. The summed E-state index contributed by atoms with van der Waals surface area (Å²) in [5.74, 6) is -1.34. The molecule has 1 aromatic rings. The monoisotopic (exact) mass is 638 g/mol. The second-order valence-electron chi connectivity index (χ2n) is 13.2. The molecule has 1 aliphatic carbocycles. The van der Waals surface area contributed by atoms with Crippen molar-refractivity contribution < 1.29 is 32.6 Å². The van der Waals surface area contributed by atoms with Crippen LogP contribution < -0.4 is 21.7 Å². The van der Waals surface area contributed by atoms with E-state index in [1.807, 2.05) is 30.3 Å². The molecular weight excluding hydrogens is 584 g/mol. The molecule has 0 heterocycles. The van der Waals surface area contributed by atoms with E-state index in [-0.39, 0.29) is 25.3 Å². The van der Waals surface area contributed by atoms with E-state index in [1.54, 1.807) is 34.6 Å². The smallest absolute Gasteiger partial charge is 0.408 e. The van der Waals surface area contributed by atoms with E-state index in [0.717, 1.165) is 37.7 Å². The lowest BCUT2D eigenvalue weighted by atomic mass is 9.83. The van der Waals surface area contributed by atoms with E-state index in [0.29, 0.717) is 12.8 Å². The van der Waals surface area contributed by atoms with Crippen molar-refractivity contribution in [2.75, 3.05) is 12.3 Å². The van der Waals surface area contributed by atoms with Gasteiger partial charge in [-0.05, 0) is 71.9 Å². The zero-order valence-corrected chi connectivity index (χ0v) is 27.8. The van der Waals surface area contributed by atoms with Crippen LogP contribution in [-0.2, 0) is 30.6 Å². The molecule has 6 N–H and O–H groups in total. The van der Waals surface area contributed by atoms with Crippen LogP contribution in [0.2, 0.25) is 0 Å². The maximum atomic E-state index is 13.7. The van der Waals surface area contributed by atoms with E-state index in [2.05, 4.69) is 16.0 Å². The van der Waals surface area contributed by atoms with Crippen molar-refractivity contribution in [3.05, 3.63) is 35.9 Å². The average molecular weight is 639 g/mol. The second-order valence-corrected chi connectivity index (χ2v) is 15.8. The highest BCUT2D eigenvalue weighted by Gasteiger charge is 2.34. The van der Waals surface area contributed by atoms with Gasteiger partial charge in [-0.2, -0.15) is 0 Å². The molecule has 1 aliphatic rings. The lowest BCUT2D eigenvalue weighted by Crippen LogP contribution is -2.57. The van der Waals surface area contributed by atoms with Crippen LogP contribution in [0.25, 0.3) is 0 Å². The molecule has 0 saturated heterocycles. The normalized spacial score (nSPS) is 17.3. The quantitative estimate of drug-likeness (QED) is 0.184. The number of alkyl carbamates (subject to hydrolysis) is 1. The minimum absolute atomic E-state index is 0.160. The highest BCUT2D eigenvalue weighted by molar-refractivity contribution is 7.92. The molecule has 12 heteroatoms. The fourth-order valence-electron chi connectivity index (χ4n) is 5.30. The molecular formula is C32H54N4O7S. The Hall–Kier alpha value is -2.70. The predicted molar refractivity (Wildman–Crippen MR) is 172 cm³/mol. The molecule has 2 rings (SSSR count). The summed E-state index contributed by atoms with van der Waals surface area (Å²) >= 11 is 0. The van der Waals surface area contributed by atoms with E-state index in [9.17, 15) is 27.9 Å². The van der Waals surface area contributed by atoms with Crippen LogP contribution in [0.3, 0.4) is 0 Å². The Bertz CT molecular complexity index is 1150. The fraction of sp³-hybridized carbons (Fsp3) is 0.719. The van der Waals surface area contributed by atoms with E-state index >= 15 is 0 Å². The predicted octanol–water partition coefficient (Wildman–Crippen LogP) is 2.99. The summed E-state index contributed by atoms with van der Waals surface area (Å²) in [5, 5.41) is 18.7. The maximum absolute atomic E-state index is 13.7. The second kappa shape index (κ2) is 17.7. The van der Waals surface area contributed by atoms with Gasteiger partial charge in [0.25, 0.3) is 0 Å². The number of carbonyl (C=O) groups is 3. The third kappa shape index (κ3) is 13.5. The summed E-state index contributed by atoms with van der Waals surface area (Å²) in [5.41, 5.74) is 5.76. The number of hydrogen-bond acceptors (Lipinski definition) is 8. The zero-order valence-electron chi connectivity index (χ0n) is 27.0. The largest absolute Gasteiger partial charge is 0.444 e. The fourth-order valence-corrected chi connectivity index (χ4v) is 6.39. The van der Waals surface area contributed by atoms with Gasteiger partial charge in [0.05, 0.1) is 23.1 Å². The lowest BCUT2D eigenvalue weighted by molar-refractivity contribution is -0.131. The Morgan fingerprint density at radius 3 is 2.16 bits per heavy atom. The van der Waals surface area contributed by atoms with Crippen molar-refractivity contribution in [1.29, 1.82) is 0 Å². The third-order valence-corrected chi connectivity index (χ3v) is 10.1. The number of aliphatic hydroxyl groups is 1. The first-order valence-electron chi connectivity index (χ1n) is 15.8. The maximum Gasteiger partial charge on any atom is 0.408 e. The van der Waals surface area contributed by atoms with Gasteiger partial charge in [0.1, 0.15) is 17.7 Å². The third-order valence-electron chi connectivity index (χ3n) is 7.85. The van der Waals surface area contributed by atoms with Gasteiger partial charge in [0.15, 0.2) is 9.84 Å². The molecule has 0 spiro atoms. The van der Waals surface area contributed by atoms with Gasteiger partial charge in [0.2, 0.25) is 11.8 Å². The molecule has 3 amide bonds. The number of ether oxygens (including phenoxy) is 1. The van der Waals surface area contributed by atoms with Crippen molar-refractivity contribution in [3.63, 3.8) is 0 Å². The van der Waals surface area contributed by atoms with Crippen molar-refractivity contribution in [1.82, 2.24) is 16.0 Å². The van der Waals surface area contributed by atoms with Crippen LogP contribution >= 0.6 is 0 Å². The van der Waals surface area contributed by atoms with Gasteiger partial charge in [0, 0.05) is 6.42 Å². The zero-order chi connectivity index (χ0) is 32.9. The Kier molecular flexibility index (Phi) is 15.1. The van der Waals surface area contributed by atoms with Gasteiger partial charge in [-0.15, -0.1) is 0 Å². The lowest BCUT2D eigenvalue weighted by Gasteiger charge is -2.32. The van der Waals surface area contributed by atoms with Gasteiger partial charge in [-0.25, -0.2) is 13.2 Å². The first kappa shape index (κ1) is 37.5. The Morgan fingerprint density at radius 1 is 0.977 bits per heavy atom. The Balaban J connectivity index is 2.27. The minimum atomic E-state index is -3.58. The Morgan fingerprint density at radius 2 is 1.59 bits per heavy atom. The van der Waals surface area contributed by atoms with Crippen LogP contribution in [-0.4, -0.2) is 78.8 Å². The number of amides is 3. The average Bonchev–Trinajstić information content (AvgIpc) is 2.94. The van der Waals surface area contributed by atoms with E-state index in [4.69, 9.17) is 10.5 Å². The molecule has 44 heavy (non-hydrogen) atoms. The van der Waals surface area contributed by atoms with Crippen molar-refractivity contribution in [2.24, 2.45) is 11.7 Å². The Labute approximate surface area is 263 Å². The number of hydrogen-bond donors (Lipinski definition) is 5. The number of rotatable bonds is 16. The molecule has 250 valence electrons. The van der Waals surface area contributed by atoms with E-state index in [1.165, 1.54) is 0 Å². The van der Waals surface area contributed by atoms with Crippen molar-refractivity contribution >= 4 is 27.7 Å². The summed E-state index contributed by atoms with van der Waals surface area (Å²) in [6, 6.07) is 6.29. The summed E-state index contributed by atoms with van der Waals surface area (Å²) in [7, 11) is -3.58. The number of nitrogens with two attached hydrogens (primary N) is 1. The highest BCUT2D eigenvalue weighted by atomic mass is 32.2. The first-order chi connectivity index (χ1) is 20.6. The summed E-state index contributed by atoms with van der Waals surface area (Å²) in [6.07, 6.45) is 4.30. The van der Waals surface area contributed by atoms with Crippen LogP contribution in [0.5, 0.6) is 0 Å². The van der Waals surface area contributed by atoms with E-state index < -0.39 is 68.6 Å². The molecule has 1 saturated carbocycles. The number of benzene rings is 1. The SMILES string of the molecule is CC(C)S(=O)(=O)C[C@H](O)[C@H](CC1CCCCC1)NC(=O)[C@H](CCCN)NC(=O)[C@H](Cc1ccccc1)NC(=O)OC(C)(C)C. The molecule has 1 fully saturated rings. The number of sulfone groups is 1. The highest BCUT2D eigenvalue weighted by Crippen LogP contribution is 2.28.